The first-order valence-electron chi connectivity index (χ1n) is 4.81. The molecule has 0 aliphatic rings. The quantitative estimate of drug-likeness (QED) is 0.630. The second-order valence-corrected chi connectivity index (χ2v) is 3.36. The molecule has 0 amide bonds. The molecular weight excluding hydrogens is 144 g/mol. The smallest absolute Gasteiger partial charge is 0.0146 e. The lowest BCUT2D eigenvalue weighted by Gasteiger charge is -2.09. The summed E-state index contributed by atoms with van der Waals surface area (Å²) in [5, 5.41) is 0. The lowest BCUT2D eigenvalue weighted by molar-refractivity contribution is 0.624. The molecule has 0 aromatic heterocycles. The molecule has 1 atom stereocenters. The number of benzene rings is 1. The molecular formula is C12H17. The average Bonchev–Trinajstić information content (AvgIpc) is 2.15. The van der Waals surface area contributed by atoms with E-state index in [1.165, 1.54) is 24.8 Å². The second-order valence-electron chi connectivity index (χ2n) is 3.36. The van der Waals surface area contributed by atoms with E-state index in [9.17, 15) is 0 Å². The molecule has 0 nitrogen and oxygen atoms in total. The van der Waals surface area contributed by atoms with Crippen molar-refractivity contribution in [3.8, 4) is 0 Å². The molecule has 65 valence electrons. The van der Waals surface area contributed by atoms with Crippen LogP contribution in [-0.4, -0.2) is 0 Å². The molecule has 0 saturated carbocycles. The summed E-state index contributed by atoms with van der Waals surface area (Å²) in [7, 11) is 0. The first kappa shape index (κ1) is 9.31. The van der Waals surface area contributed by atoms with E-state index in [1.54, 1.807) is 0 Å². The predicted octanol–water partition coefficient (Wildman–Crippen LogP) is 3.78. The predicted molar refractivity (Wildman–Crippen MR) is 53.2 cm³/mol. The number of unbranched alkanes of at least 4 members (excludes halogenated alkanes) is 1. The van der Waals surface area contributed by atoms with Gasteiger partial charge in [-0.3, -0.25) is 0 Å². The van der Waals surface area contributed by atoms with Crippen LogP contribution in [0.15, 0.2) is 24.3 Å². The standard InChI is InChI=1S/C12H17/c1-3-4-8-11(2)12-9-6-5-7-10-12/h5-7,9,11H,3-4,8H2,1-2H3. The van der Waals surface area contributed by atoms with E-state index in [0.29, 0.717) is 5.92 Å². The number of hydrogen-bond donors (Lipinski definition) is 0. The zero-order chi connectivity index (χ0) is 8.81. The van der Waals surface area contributed by atoms with Gasteiger partial charge in [-0.15, -0.1) is 0 Å². The van der Waals surface area contributed by atoms with E-state index >= 15 is 0 Å². The van der Waals surface area contributed by atoms with Gasteiger partial charge in [0.15, 0.2) is 0 Å². The van der Waals surface area contributed by atoms with Crippen LogP contribution in [0.25, 0.3) is 0 Å². The van der Waals surface area contributed by atoms with Gasteiger partial charge < -0.3 is 0 Å². The highest BCUT2D eigenvalue weighted by Crippen LogP contribution is 2.19. The molecule has 0 N–H and O–H groups in total. The normalized spacial score (nSPS) is 12.8. The molecule has 12 heavy (non-hydrogen) atoms. The molecule has 1 rings (SSSR count). The van der Waals surface area contributed by atoms with Gasteiger partial charge in [0, 0.05) is 0 Å². The van der Waals surface area contributed by atoms with Crippen molar-refractivity contribution in [3.05, 3.63) is 35.9 Å². The summed E-state index contributed by atoms with van der Waals surface area (Å²) in [5.41, 5.74) is 1.35. The highest BCUT2D eigenvalue weighted by Gasteiger charge is 2.02. The Morgan fingerprint density at radius 1 is 1.42 bits per heavy atom. The van der Waals surface area contributed by atoms with Gasteiger partial charge in [-0.1, -0.05) is 51.0 Å². The van der Waals surface area contributed by atoms with E-state index < -0.39 is 0 Å². The molecule has 1 aromatic rings. The topological polar surface area (TPSA) is 0 Å². The fourth-order valence-corrected chi connectivity index (χ4v) is 1.38. The van der Waals surface area contributed by atoms with Gasteiger partial charge in [0.2, 0.25) is 0 Å². The fourth-order valence-electron chi connectivity index (χ4n) is 1.38. The Balaban J connectivity index is 2.48. The van der Waals surface area contributed by atoms with Crippen molar-refractivity contribution < 1.29 is 0 Å². The molecule has 0 spiro atoms. The first-order valence-corrected chi connectivity index (χ1v) is 4.81. The van der Waals surface area contributed by atoms with Gasteiger partial charge in [-0.05, 0) is 24.0 Å². The Labute approximate surface area is 75.6 Å². The Bertz CT molecular complexity index is 201. The Morgan fingerprint density at radius 2 is 2.25 bits per heavy atom. The van der Waals surface area contributed by atoms with E-state index in [-0.39, 0.29) is 0 Å². The maximum atomic E-state index is 3.28. The molecule has 0 saturated heterocycles. The van der Waals surface area contributed by atoms with Gasteiger partial charge in [0.1, 0.15) is 0 Å². The molecule has 0 bridgehead atoms. The Morgan fingerprint density at radius 3 is 2.83 bits per heavy atom. The highest BCUT2D eigenvalue weighted by atomic mass is 14.1. The Kier molecular flexibility index (Phi) is 3.86. The summed E-state index contributed by atoms with van der Waals surface area (Å²) in [5.74, 6) is 0.672. The largest absolute Gasteiger partial charge is 0.0654 e. The monoisotopic (exact) mass is 161 g/mol. The van der Waals surface area contributed by atoms with Gasteiger partial charge in [0.05, 0.1) is 0 Å². The van der Waals surface area contributed by atoms with Gasteiger partial charge >= 0.3 is 0 Å². The molecule has 1 aromatic carbocycles. The lowest BCUT2D eigenvalue weighted by Crippen LogP contribution is -1.92. The molecule has 0 aliphatic heterocycles. The third-order valence-corrected chi connectivity index (χ3v) is 2.25. The first-order chi connectivity index (χ1) is 5.84. The third kappa shape index (κ3) is 2.69. The highest BCUT2D eigenvalue weighted by molar-refractivity contribution is 5.16. The van der Waals surface area contributed by atoms with Gasteiger partial charge in [0.25, 0.3) is 0 Å². The van der Waals surface area contributed by atoms with Crippen LogP contribution in [0.5, 0.6) is 0 Å². The minimum Gasteiger partial charge on any atom is -0.0654 e. The van der Waals surface area contributed by atoms with E-state index in [2.05, 4.69) is 32.0 Å². The van der Waals surface area contributed by atoms with Crippen LogP contribution in [0.3, 0.4) is 0 Å². The Hall–Kier alpha value is -0.780. The van der Waals surface area contributed by atoms with Crippen molar-refractivity contribution in [2.45, 2.75) is 39.0 Å². The van der Waals surface area contributed by atoms with E-state index in [1.807, 2.05) is 12.1 Å². The summed E-state index contributed by atoms with van der Waals surface area (Å²) in [6.07, 6.45) is 3.90. The summed E-state index contributed by atoms with van der Waals surface area (Å²) in [6.45, 7) is 4.52. The van der Waals surface area contributed by atoms with Crippen molar-refractivity contribution in [3.63, 3.8) is 0 Å². The summed E-state index contributed by atoms with van der Waals surface area (Å²) in [4.78, 5) is 0. The van der Waals surface area contributed by atoms with Crippen LogP contribution in [-0.2, 0) is 0 Å². The number of rotatable bonds is 4. The van der Waals surface area contributed by atoms with Crippen LogP contribution in [0.1, 0.15) is 44.6 Å². The maximum Gasteiger partial charge on any atom is -0.0146 e. The zero-order valence-corrected chi connectivity index (χ0v) is 8.01. The fraction of sp³-hybridized carbons (Fsp3) is 0.500. The van der Waals surface area contributed by atoms with Crippen molar-refractivity contribution in [1.82, 2.24) is 0 Å². The molecule has 0 aliphatic carbocycles. The van der Waals surface area contributed by atoms with Crippen LogP contribution in [0.4, 0.5) is 0 Å². The van der Waals surface area contributed by atoms with Gasteiger partial charge in [-0.25, -0.2) is 0 Å². The summed E-state index contributed by atoms with van der Waals surface area (Å²) < 4.78 is 0. The van der Waals surface area contributed by atoms with Crippen LogP contribution >= 0.6 is 0 Å². The second kappa shape index (κ2) is 4.97. The summed E-state index contributed by atoms with van der Waals surface area (Å²) in [6, 6.07) is 11.6. The third-order valence-electron chi connectivity index (χ3n) is 2.25. The lowest BCUT2D eigenvalue weighted by atomic mass is 9.96. The van der Waals surface area contributed by atoms with Crippen molar-refractivity contribution in [2.24, 2.45) is 0 Å². The molecule has 1 unspecified atom stereocenters. The average molecular weight is 161 g/mol. The van der Waals surface area contributed by atoms with Crippen molar-refractivity contribution >= 4 is 0 Å². The minimum atomic E-state index is 0.672. The number of hydrogen-bond acceptors (Lipinski definition) is 0. The van der Waals surface area contributed by atoms with Crippen LogP contribution in [0, 0.1) is 6.07 Å². The minimum absolute atomic E-state index is 0.672. The molecule has 0 fully saturated rings. The van der Waals surface area contributed by atoms with Crippen molar-refractivity contribution in [1.29, 1.82) is 0 Å². The van der Waals surface area contributed by atoms with Crippen molar-refractivity contribution in [2.75, 3.05) is 0 Å². The SMILES string of the molecule is CCCCC(C)c1[c]cccc1. The van der Waals surface area contributed by atoms with Crippen LogP contribution < -0.4 is 0 Å². The zero-order valence-electron chi connectivity index (χ0n) is 8.01. The molecule has 1 radical (unpaired) electrons. The van der Waals surface area contributed by atoms with E-state index in [4.69, 9.17) is 0 Å². The van der Waals surface area contributed by atoms with Crippen LogP contribution in [0.2, 0.25) is 0 Å². The molecule has 0 heterocycles. The van der Waals surface area contributed by atoms with E-state index in [0.717, 1.165) is 0 Å². The maximum absolute atomic E-state index is 3.28. The van der Waals surface area contributed by atoms with Gasteiger partial charge in [-0.2, -0.15) is 0 Å². The summed E-state index contributed by atoms with van der Waals surface area (Å²) >= 11 is 0. The molecule has 0 heteroatoms.